The van der Waals surface area contributed by atoms with Gasteiger partial charge in [0.1, 0.15) is 0 Å². The van der Waals surface area contributed by atoms with Crippen molar-refractivity contribution in [2.75, 3.05) is 26.8 Å². The van der Waals surface area contributed by atoms with Crippen molar-refractivity contribution in [1.29, 1.82) is 0 Å². The van der Waals surface area contributed by atoms with Gasteiger partial charge in [0.15, 0.2) is 0 Å². The number of methoxy groups -OCH3 is 1. The van der Waals surface area contributed by atoms with E-state index >= 15 is 0 Å². The van der Waals surface area contributed by atoms with Crippen LogP contribution < -0.4 is 11.3 Å². The molecular formula is C10H22N4O. The van der Waals surface area contributed by atoms with E-state index in [2.05, 4.69) is 22.2 Å². The molecule has 2 unspecified atom stereocenters. The Morgan fingerprint density at radius 1 is 1.73 bits per heavy atom. The topological polar surface area (TPSA) is 62.9 Å². The van der Waals surface area contributed by atoms with Gasteiger partial charge in [-0.1, -0.05) is 6.92 Å². The van der Waals surface area contributed by atoms with Crippen molar-refractivity contribution in [3.8, 4) is 0 Å². The van der Waals surface area contributed by atoms with Gasteiger partial charge in [-0.05, 0) is 19.3 Å². The SMILES string of the molecule is COCC(C)N=C(NN)N1CCC(C)C1. The molecule has 88 valence electrons. The molecule has 1 rings (SSSR count). The lowest BCUT2D eigenvalue weighted by Crippen LogP contribution is -2.44. The van der Waals surface area contributed by atoms with Crippen LogP contribution in [-0.2, 0) is 4.74 Å². The largest absolute Gasteiger partial charge is 0.382 e. The van der Waals surface area contributed by atoms with Gasteiger partial charge in [0.2, 0.25) is 5.96 Å². The number of nitrogens with zero attached hydrogens (tertiary/aromatic N) is 2. The Balaban J connectivity index is 2.54. The molecule has 1 aliphatic rings. The van der Waals surface area contributed by atoms with E-state index in [1.54, 1.807) is 7.11 Å². The molecule has 0 saturated carbocycles. The Morgan fingerprint density at radius 2 is 2.47 bits per heavy atom. The van der Waals surface area contributed by atoms with Gasteiger partial charge < -0.3 is 9.64 Å². The molecule has 0 spiro atoms. The second-order valence-electron chi connectivity index (χ2n) is 4.24. The maximum atomic E-state index is 5.48. The van der Waals surface area contributed by atoms with Crippen LogP contribution in [0.25, 0.3) is 0 Å². The molecular weight excluding hydrogens is 192 g/mol. The van der Waals surface area contributed by atoms with Crippen LogP contribution >= 0.6 is 0 Å². The first-order chi connectivity index (χ1) is 7.17. The smallest absolute Gasteiger partial charge is 0.208 e. The number of hydrogen-bond donors (Lipinski definition) is 2. The lowest BCUT2D eigenvalue weighted by Gasteiger charge is -2.21. The minimum atomic E-state index is 0.136. The van der Waals surface area contributed by atoms with E-state index in [1.807, 2.05) is 6.92 Å². The summed E-state index contributed by atoms with van der Waals surface area (Å²) in [6.45, 7) is 6.94. The van der Waals surface area contributed by atoms with Crippen molar-refractivity contribution in [1.82, 2.24) is 10.3 Å². The molecule has 1 saturated heterocycles. The normalized spacial score (nSPS) is 24.4. The Hall–Kier alpha value is -0.810. The summed E-state index contributed by atoms with van der Waals surface area (Å²) in [6.07, 6.45) is 1.21. The fourth-order valence-corrected chi connectivity index (χ4v) is 1.82. The minimum Gasteiger partial charge on any atom is -0.382 e. The van der Waals surface area contributed by atoms with Gasteiger partial charge in [-0.15, -0.1) is 0 Å². The molecule has 1 fully saturated rings. The summed E-state index contributed by atoms with van der Waals surface area (Å²) in [5, 5.41) is 0. The van der Waals surface area contributed by atoms with Crippen LogP contribution in [0.5, 0.6) is 0 Å². The number of ether oxygens (including phenoxy) is 1. The zero-order chi connectivity index (χ0) is 11.3. The molecule has 0 aromatic heterocycles. The number of hydrogen-bond acceptors (Lipinski definition) is 3. The van der Waals surface area contributed by atoms with E-state index in [9.17, 15) is 0 Å². The third-order valence-corrected chi connectivity index (χ3v) is 2.60. The van der Waals surface area contributed by atoms with Crippen molar-refractivity contribution in [2.45, 2.75) is 26.3 Å². The monoisotopic (exact) mass is 214 g/mol. The first-order valence-electron chi connectivity index (χ1n) is 5.45. The summed E-state index contributed by atoms with van der Waals surface area (Å²) >= 11 is 0. The Bertz CT molecular complexity index is 219. The first kappa shape index (κ1) is 12.3. The zero-order valence-electron chi connectivity index (χ0n) is 9.86. The second-order valence-corrected chi connectivity index (χ2v) is 4.24. The molecule has 1 aliphatic heterocycles. The van der Waals surface area contributed by atoms with E-state index in [0.29, 0.717) is 6.61 Å². The highest BCUT2D eigenvalue weighted by Gasteiger charge is 2.21. The molecule has 1 heterocycles. The number of likely N-dealkylation sites (tertiary alicyclic amines) is 1. The molecule has 3 N–H and O–H groups in total. The number of nitrogens with one attached hydrogen (secondary N) is 1. The lowest BCUT2D eigenvalue weighted by atomic mass is 10.2. The maximum absolute atomic E-state index is 5.48. The minimum absolute atomic E-state index is 0.136. The van der Waals surface area contributed by atoms with E-state index in [1.165, 1.54) is 6.42 Å². The van der Waals surface area contributed by atoms with Crippen LogP contribution in [-0.4, -0.2) is 43.7 Å². The number of hydrazine groups is 1. The molecule has 0 radical (unpaired) electrons. The van der Waals surface area contributed by atoms with Crippen LogP contribution in [0.4, 0.5) is 0 Å². The molecule has 0 amide bonds. The summed E-state index contributed by atoms with van der Waals surface area (Å²) in [7, 11) is 1.68. The Kier molecular flexibility index (Phi) is 4.84. The highest BCUT2D eigenvalue weighted by molar-refractivity contribution is 5.79. The summed E-state index contributed by atoms with van der Waals surface area (Å²) < 4.78 is 5.04. The standard InChI is InChI=1S/C10H22N4O/c1-8-4-5-14(6-8)10(13-11)12-9(2)7-15-3/h8-9H,4-7,11H2,1-3H3,(H,12,13). The van der Waals surface area contributed by atoms with Gasteiger partial charge in [0.05, 0.1) is 12.6 Å². The average Bonchev–Trinajstić information content (AvgIpc) is 2.61. The molecule has 5 heteroatoms. The van der Waals surface area contributed by atoms with Crippen LogP contribution in [0.2, 0.25) is 0 Å². The number of aliphatic imine (C=N–C) groups is 1. The van der Waals surface area contributed by atoms with Gasteiger partial charge in [-0.2, -0.15) is 0 Å². The van der Waals surface area contributed by atoms with Gasteiger partial charge in [0, 0.05) is 20.2 Å². The van der Waals surface area contributed by atoms with Crippen molar-refractivity contribution in [3.05, 3.63) is 0 Å². The second kappa shape index (κ2) is 5.92. The van der Waals surface area contributed by atoms with Crippen LogP contribution in [0, 0.1) is 5.92 Å². The summed E-state index contributed by atoms with van der Waals surface area (Å²) in [6, 6.07) is 0.136. The quantitative estimate of drug-likeness (QED) is 0.304. The number of rotatable bonds is 3. The summed E-state index contributed by atoms with van der Waals surface area (Å²) in [5.41, 5.74) is 2.67. The van der Waals surface area contributed by atoms with Gasteiger partial charge in [0.25, 0.3) is 0 Å². The van der Waals surface area contributed by atoms with Crippen molar-refractivity contribution >= 4 is 5.96 Å². The summed E-state index contributed by atoms with van der Waals surface area (Å²) in [5.74, 6) is 6.98. The van der Waals surface area contributed by atoms with Crippen molar-refractivity contribution in [3.63, 3.8) is 0 Å². The predicted molar refractivity (Wildman–Crippen MR) is 61.5 cm³/mol. The fraction of sp³-hybridized carbons (Fsp3) is 0.900. The molecule has 0 aliphatic carbocycles. The van der Waals surface area contributed by atoms with E-state index in [-0.39, 0.29) is 6.04 Å². The van der Waals surface area contributed by atoms with Crippen molar-refractivity contribution < 1.29 is 4.74 Å². The van der Waals surface area contributed by atoms with Crippen LogP contribution in [0.3, 0.4) is 0 Å². The predicted octanol–water partition coefficient (Wildman–Crippen LogP) is 0.182. The van der Waals surface area contributed by atoms with E-state index in [4.69, 9.17) is 10.6 Å². The van der Waals surface area contributed by atoms with E-state index < -0.39 is 0 Å². The van der Waals surface area contributed by atoms with Crippen LogP contribution in [0.1, 0.15) is 20.3 Å². The van der Waals surface area contributed by atoms with Crippen molar-refractivity contribution in [2.24, 2.45) is 16.8 Å². The lowest BCUT2D eigenvalue weighted by molar-refractivity contribution is 0.185. The summed E-state index contributed by atoms with van der Waals surface area (Å²) in [4.78, 5) is 6.67. The van der Waals surface area contributed by atoms with Gasteiger partial charge in [-0.25, -0.2) is 10.8 Å². The highest BCUT2D eigenvalue weighted by Crippen LogP contribution is 2.14. The Labute approximate surface area is 91.6 Å². The molecule has 0 bridgehead atoms. The maximum Gasteiger partial charge on any atom is 0.208 e. The molecule has 15 heavy (non-hydrogen) atoms. The van der Waals surface area contributed by atoms with Crippen LogP contribution in [0.15, 0.2) is 4.99 Å². The Morgan fingerprint density at radius 3 is 2.93 bits per heavy atom. The fourth-order valence-electron chi connectivity index (χ4n) is 1.82. The average molecular weight is 214 g/mol. The number of nitrogens with two attached hydrogens (primary N) is 1. The highest BCUT2D eigenvalue weighted by atomic mass is 16.5. The van der Waals surface area contributed by atoms with E-state index in [0.717, 1.165) is 25.0 Å². The first-order valence-corrected chi connectivity index (χ1v) is 5.45. The number of guanidine groups is 1. The molecule has 0 aromatic carbocycles. The third-order valence-electron chi connectivity index (χ3n) is 2.60. The molecule has 2 atom stereocenters. The molecule has 5 nitrogen and oxygen atoms in total. The third kappa shape index (κ3) is 3.68. The van der Waals surface area contributed by atoms with Gasteiger partial charge >= 0.3 is 0 Å². The zero-order valence-corrected chi connectivity index (χ0v) is 9.86. The van der Waals surface area contributed by atoms with Gasteiger partial charge in [-0.3, -0.25) is 5.43 Å². The molecule has 0 aromatic rings.